The number of benzene rings is 1. The summed E-state index contributed by atoms with van der Waals surface area (Å²) in [5, 5.41) is 3.38. The summed E-state index contributed by atoms with van der Waals surface area (Å²) in [6.07, 6.45) is 0.870. The maximum atomic E-state index is 5.70. The minimum absolute atomic E-state index is 0.307. The third kappa shape index (κ3) is 5.09. The van der Waals surface area contributed by atoms with E-state index in [1.807, 2.05) is 12.1 Å². The Morgan fingerprint density at radius 1 is 1.16 bits per heavy atom. The van der Waals surface area contributed by atoms with Gasteiger partial charge < -0.3 is 19.5 Å². The van der Waals surface area contributed by atoms with Gasteiger partial charge in [-0.1, -0.05) is 13.0 Å². The lowest BCUT2D eigenvalue weighted by atomic mass is 10.1. The lowest BCUT2D eigenvalue weighted by molar-refractivity contribution is 0.170. The predicted octanol–water partition coefficient (Wildman–Crippen LogP) is 2.78. The first-order valence-electron chi connectivity index (χ1n) is 6.76. The molecule has 1 atom stereocenters. The van der Waals surface area contributed by atoms with Gasteiger partial charge in [0.15, 0.2) is 11.5 Å². The summed E-state index contributed by atoms with van der Waals surface area (Å²) in [7, 11) is 3.36. The minimum Gasteiger partial charge on any atom is -0.493 e. The van der Waals surface area contributed by atoms with Crippen LogP contribution in [-0.4, -0.2) is 34.0 Å². The highest BCUT2D eigenvalue weighted by molar-refractivity contribution is 5.43. The van der Waals surface area contributed by atoms with Crippen molar-refractivity contribution in [2.75, 3.05) is 34.0 Å². The molecule has 4 nitrogen and oxygen atoms in total. The first-order valence-corrected chi connectivity index (χ1v) is 6.76. The molecule has 1 aromatic carbocycles. The molecule has 1 aromatic rings. The molecule has 0 aliphatic rings. The predicted molar refractivity (Wildman–Crippen MR) is 77.1 cm³/mol. The van der Waals surface area contributed by atoms with Crippen molar-refractivity contribution < 1.29 is 14.2 Å². The number of hydrogen-bond donors (Lipinski definition) is 1. The Balaban J connectivity index is 2.67. The summed E-state index contributed by atoms with van der Waals surface area (Å²) in [5.41, 5.74) is 1.20. The molecule has 1 N–H and O–H groups in total. The van der Waals surface area contributed by atoms with Crippen molar-refractivity contribution in [3.05, 3.63) is 23.8 Å². The van der Waals surface area contributed by atoms with Crippen molar-refractivity contribution in [1.82, 2.24) is 5.32 Å². The summed E-state index contributed by atoms with van der Waals surface area (Å²) >= 11 is 0. The van der Waals surface area contributed by atoms with Gasteiger partial charge in [0.05, 0.1) is 13.7 Å². The highest BCUT2D eigenvalue weighted by Crippen LogP contribution is 2.30. The Morgan fingerprint density at radius 3 is 2.58 bits per heavy atom. The lowest BCUT2D eigenvalue weighted by Gasteiger charge is -2.16. The van der Waals surface area contributed by atoms with Crippen molar-refractivity contribution in [2.24, 2.45) is 0 Å². The Morgan fingerprint density at radius 2 is 1.95 bits per heavy atom. The van der Waals surface area contributed by atoms with Crippen LogP contribution in [0, 0.1) is 0 Å². The lowest BCUT2D eigenvalue weighted by Crippen LogP contribution is -2.17. The molecule has 0 saturated heterocycles. The largest absolute Gasteiger partial charge is 0.493 e. The average Bonchev–Trinajstić information content (AvgIpc) is 2.44. The van der Waals surface area contributed by atoms with E-state index in [1.54, 1.807) is 14.2 Å². The molecule has 0 spiro atoms. The zero-order valence-corrected chi connectivity index (χ0v) is 12.4. The zero-order chi connectivity index (χ0) is 14.1. The fraction of sp³-hybridized carbons (Fsp3) is 0.600. The van der Waals surface area contributed by atoms with E-state index >= 15 is 0 Å². The topological polar surface area (TPSA) is 39.7 Å². The summed E-state index contributed by atoms with van der Waals surface area (Å²) < 4.78 is 16.1. The van der Waals surface area contributed by atoms with Crippen LogP contribution >= 0.6 is 0 Å². The van der Waals surface area contributed by atoms with Gasteiger partial charge in [-0.15, -0.1) is 0 Å². The highest BCUT2D eigenvalue weighted by atomic mass is 16.5. The van der Waals surface area contributed by atoms with Crippen LogP contribution in [0.3, 0.4) is 0 Å². The quantitative estimate of drug-likeness (QED) is 0.698. The van der Waals surface area contributed by atoms with Crippen molar-refractivity contribution in [1.29, 1.82) is 0 Å². The van der Waals surface area contributed by atoms with E-state index in [0.717, 1.165) is 24.5 Å². The molecule has 0 fully saturated rings. The molecular formula is C15H25NO3. The summed E-state index contributed by atoms with van der Waals surface area (Å²) in [4.78, 5) is 0. The molecule has 0 aromatic heterocycles. The molecule has 0 radical (unpaired) electrons. The second-order valence-corrected chi connectivity index (χ2v) is 4.38. The van der Waals surface area contributed by atoms with E-state index in [2.05, 4.69) is 25.2 Å². The van der Waals surface area contributed by atoms with E-state index in [1.165, 1.54) is 5.56 Å². The van der Waals surface area contributed by atoms with E-state index < -0.39 is 0 Å². The zero-order valence-electron chi connectivity index (χ0n) is 12.4. The molecule has 0 saturated carbocycles. The smallest absolute Gasteiger partial charge is 0.161 e. The second kappa shape index (κ2) is 8.77. The van der Waals surface area contributed by atoms with Crippen molar-refractivity contribution in [3.8, 4) is 11.5 Å². The van der Waals surface area contributed by atoms with Gasteiger partial charge >= 0.3 is 0 Å². The van der Waals surface area contributed by atoms with Gasteiger partial charge in [-0.25, -0.2) is 0 Å². The van der Waals surface area contributed by atoms with Gasteiger partial charge in [-0.2, -0.15) is 0 Å². The molecule has 0 aliphatic carbocycles. The maximum absolute atomic E-state index is 5.70. The molecule has 1 rings (SSSR count). The fourth-order valence-corrected chi connectivity index (χ4v) is 1.88. The standard InChI is InChI=1S/C15H25NO3/c1-5-16-12(2)13-7-8-14(15(11-13)18-4)19-10-6-9-17-3/h7-8,11-12,16H,5-6,9-10H2,1-4H3. The van der Waals surface area contributed by atoms with Gasteiger partial charge in [0.2, 0.25) is 0 Å². The third-order valence-electron chi connectivity index (χ3n) is 2.95. The summed E-state index contributed by atoms with van der Waals surface area (Å²) in [6, 6.07) is 6.37. The van der Waals surface area contributed by atoms with Crippen molar-refractivity contribution in [3.63, 3.8) is 0 Å². The Labute approximate surface area is 116 Å². The van der Waals surface area contributed by atoms with E-state index in [4.69, 9.17) is 14.2 Å². The summed E-state index contributed by atoms with van der Waals surface area (Å²) in [5.74, 6) is 1.56. The van der Waals surface area contributed by atoms with Gasteiger partial charge in [-0.3, -0.25) is 0 Å². The van der Waals surface area contributed by atoms with Gasteiger partial charge in [0, 0.05) is 26.2 Å². The molecule has 4 heteroatoms. The molecule has 0 bridgehead atoms. The molecule has 19 heavy (non-hydrogen) atoms. The number of hydrogen-bond acceptors (Lipinski definition) is 4. The van der Waals surface area contributed by atoms with Crippen LogP contribution in [0.4, 0.5) is 0 Å². The van der Waals surface area contributed by atoms with Crippen LogP contribution in [0.2, 0.25) is 0 Å². The second-order valence-electron chi connectivity index (χ2n) is 4.38. The monoisotopic (exact) mass is 267 g/mol. The minimum atomic E-state index is 0.307. The number of rotatable bonds is 9. The highest BCUT2D eigenvalue weighted by Gasteiger charge is 2.09. The molecule has 108 valence electrons. The summed E-state index contributed by atoms with van der Waals surface area (Å²) in [6.45, 7) is 6.52. The van der Waals surface area contributed by atoms with E-state index in [-0.39, 0.29) is 0 Å². The molecule has 0 heterocycles. The third-order valence-corrected chi connectivity index (χ3v) is 2.95. The fourth-order valence-electron chi connectivity index (χ4n) is 1.88. The molecule has 1 unspecified atom stereocenters. The van der Waals surface area contributed by atoms with Crippen LogP contribution < -0.4 is 14.8 Å². The maximum Gasteiger partial charge on any atom is 0.161 e. The Hall–Kier alpha value is -1.26. The van der Waals surface area contributed by atoms with Gasteiger partial charge in [-0.05, 0) is 31.2 Å². The Kier molecular flexibility index (Phi) is 7.30. The first-order chi connectivity index (χ1) is 9.22. The van der Waals surface area contributed by atoms with Crippen molar-refractivity contribution in [2.45, 2.75) is 26.3 Å². The average molecular weight is 267 g/mol. The molecule has 0 aliphatic heterocycles. The van der Waals surface area contributed by atoms with Crippen LogP contribution in [0.1, 0.15) is 31.9 Å². The Bertz CT molecular complexity index is 368. The van der Waals surface area contributed by atoms with Gasteiger partial charge in [0.1, 0.15) is 0 Å². The SMILES string of the molecule is CCNC(C)c1ccc(OCCCOC)c(OC)c1. The van der Waals surface area contributed by atoms with Crippen molar-refractivity contribution >= 4 is 0 Å². The van der Waals surface area contributed by atoms with Crippen LogP contribution in [-0.2, 0) is 4.74 Å². The van der Waals surface area contributed by atoms with Crippen LogP contribution in [0.5, 0.6) is 11.5 Å². The van der Waals surface area contributed by atoms with E-state index in [9.17, 15) is 0 Å². The van der Waals surface area contributed by atoms with Gasteiger partial charge in [0.25, 0.3) is 0 Å². The van der Waals surface area contributed by atoms with E-state index in [0.29, 0.717) is 19.3 Å². The number of ether oxygens (including phenoxy) is 3. The molecular weight excluding hydrogens is 242 g/mol. The van der Waals surface area contributed by atoms with Crippen LogP contribution in [0.25, 0.3) is 0 Å². The molecule has 0 amide bonds. The van der Waals surface area contributed by atoms with Crippen LogP contribution in [0.15, 0.2) is 18.2 Å². The normalized spacial score (nSPS) is 12.2. The number of nitrogens with one attached hydrogen (secondary N) is 1. The first kappa shape index (κ1) is 15.8. The number of methoxy groups -OCH3 is 2.